The summed E-state index contributed by atoms with van der Waals surface area (Å²) in [6, 6.07) is 11.0. The van der Waals surface area contributed by atoms with Crippen LogP contribution in [0.15, 0.2) is 51.9 Å². The van der Waals surface area contributed by atoms with Crippen LogP contribution in [0.1, 0.15) is 31.2 Å². The molecule has 0 bridgehead atoms. The molecule has 1 N–H and O–H groups in total. The maximum Gasteiger partial charge on any atom is 0.293 e. The summed E-state index contributed by atoms with van der Waals surface area (Å²) < 4.78 is 7.69. The summed E-state index contributed by atoms with van der Waals surface area (Å²) in [4.78, 5) is 25.6. The minimum Gasteiger partial charge on any atom is -0.360 e. The fourth-order valence-electron chi connectivity index (χ4n) is 3.14. The number of anilines is 1. The topological polar surface area (TPSA) is 108 Å². The van der Waals surface area contributed by atoms with E-state index in [1.54, 1.807) is 23.9 Å². The van der Waals surface area contributed by atoms with E-state index in [2.05, 4.69) is 20.7 Å². The number of carbonyl (C=O) groups excluding carboxylic acids is 1. The molecular formula is C20H20N6O3. The Morgan fingerprint density at radius 1 is 1.24 bits per heavy atom. The average Bonchev–Trinajstić information content (AvgIpc) is 3.31. The molecule has 0 unspecified atom stereocenters. The minimum atomic E-state index is -0.423. The Hall–Kier alpha value is -3.75. The minimum absolute atomic E-state index is 0.0408. The van der Waals surface area contributed by atoms with E-state index in [9.17, 15) is 9.59 Å². The highest BCUT2D eigenvalue weighted by atomic mass is 16.5. The maximum absolute atomic E-state index is 13.2. The van der Waals surface area contributed by atoms with Gasteiger partial charge in [-0.3, -0.25) is 9.59 Å². The summed E-state index contributed by atoms with van der Waals surface area (Å²) >= 11 is 0. The molecule has 0 aliphatic carbocycles. The van der Waals surface area contributed by atoms with Crippen LogP contribution in [0.25, 0.3) is 16.6 Å². The molecule has 148 valence electrons. The normalized spacial score (nSPS) is 11.3. The van der Waals surface area contributed by atoms with Crippen molar-refractivity contribution in [1.29, 1.82) is 0 Å². The summed E-state index contributed by atoms with van der Waals surface area (Å²) in [6.07, 6.45) is 1.65. The highest BCUT2D eigenvalue weighted by Crippen LogP contribution is 2.22. The number of carbonyl (C=O) groups is 1. The lowest BCUT2D eigenvalue weighted by Gasteiger charge is -2.12. The molecule has 0 spiro atoms. The van der Waals surface area contributed by atoms with E-state index in [0.29, 0.717) is 28.2 Å². The molecule has 9 heteroatoms. The third-order valence-corrected chi connectivity index (χ3v) is 4.45. The highest BCUT2D eigenvalue weighted by Gasteiger charge is 2.20. The monoisotopic (exact) mass is 392 g/mol. The van der Waals surface area contributed by atoms with E-state index in [1.807, 2.05) is 44.2 Å². The number of fused-ring (bicyclic) bond motifs is 1. The van der Waals surface area contributed by atoms with Gasteiger partial charge in [0.2, 0.25) is 5.91 Å². The first-order valence-electron chi connectivity index (χ1n) is 9.21. The van der Waals surface area contributed by atoms with Crippen molar-refractivity contribution in [3.05, 3.63) is 64.4 Å². The SMILES string of the molecule is Cc1cc(NC(=O)Cn2nc(C(C)C)c3cnn(-c4ccccc4)c3c2=O)no1. The van der Waals surface area contributed by atoms with Gasteiger partial charge >= 0.3 is 0 Å². The van der Waals surface area contributed by atoms with Gasteiger partial charge in [0.1, 0.15) is 17.8 Å². The Balaban J connectivity index is 1.78. The molecule has 4 rings (SSSR count). The van der Waals surface area contributed by atoms with Crippen LogP contribution in [0.4, 0.5) is 5.82 Å². The molecule has 29 heavy (non-hydrogen) atoms. The quantitative estimate of drug-likeness (QED) is 0.559. The maximum atomic E-state index is 13.2. The molecule has 3 heterocycles. The van der Waals surface area contributed by atoms with Crippen molar-refractivity contribution in [3.63, 3.8) is 0 Å². The van der Waals surface area contributed by atoms with Crippen LogP contribution < -0.4 is 10.9 Å². The number of para-hydroxylation sites is 1. The molecule has 0 atom stereocenters. The lowest BCUT2D eigenvalue weighted by atomic mass is 10.1. The predicted octanol–water partition coefficient (Wildman–Crippen LogP) is 2.64. The lowest BCUT2D eigenvalue weighted by Crippen LogP contribution is -2.31. The molecule has 0 aliphatic rings. The Labute approximate surface area is 165 Å². The zero-order valence-corrected chi connectivity index (χ0v) is 16.3. The third kappa shape index (κ3) is 3.54. The standard InChI is InChI=1S/C20H20N6O3/c1-12(2)18-15-10-21-26(14-7-5-4-6-8-14)19(15)20(28)25(23-18)11-17(27)22-16-9-13(3)29-24-16/h4-10,12H,11H2,1-3H3,(H,22,24,27). The van der Waals surface area contributed by atoms with Crippen LogP contribution in [-0.4, -0.2) is 30.6 Å². The summed E-state index contributed by atoms with van der Waals surface area (Å²) in [7, 11) is 0. The number of amides is 1. The van der Waals surface area contributed by atoms with Crippen LogP contribution in [0.2, 0.25) is 0 Å². The van der Waals surface area contributed by atoms with E-state index in [0.717, 1.165) is 5.69 Å². The zero-order chi connectivity index (χ0) is 20.5. The number of nitrogens with one attached hydrogen (secondary N) is 1. The van der Waals surface area contributed by atoms with E-state index in [1.165, 1.54) is 4.68 Å². The summed E-state index contributed by atoms with van der Waals surface area (Å²) in [6.45, 7) is 5.44. The van der Waals surface area contributed by atoms with Crippen LogP contribution in [0.3, 0.4) is 0 Å². The van der Waals surface area contributed by atoms with Gasteiger partial charge < -0.3 is 9.84 Å². The number of nitrogens with zero attached hydrogens (tertiary/aromatic N) is 5. The van der Waals surface area contributed by atoms with Gasteiger partial charge in [-0.15, -0.1) is 0 Å². The first-order chi connectivity index (χ1) is 13.9. The Bertz CT molecular complexity index is 1240. The summed E-state index contributed by atoms with van der Waals surface area (Å²) in [5.41, 5.74) is 1.46. The number of hydrogen-bond donors (Lipinski definition) is 1. The molecular weight excluding hydrogens is 372 g/mol. The summed E-state index contributed by atoms with van der Waals surface area (Å²) in [5, 5.41) is 15.9. The number of aromatic nitrogens is 5. The van der Waals surface area contributed by atoms with Gasteiger partial charge in [-0.25, -0.2) is 9.36 Å². The Morgan fingerprint density at radius 2 is 2.00 bits per heavy atom. The number of aryl methyl sites for hydroxylation is 1. The summed E-state index contributed by atoms with van der Waals surface area (Å²) in [5.74, 6) is 0.484. The molecule has 1 amide bonds. The highest BCUT2D eigenvalue weighted by molar-refractivity contribution is 5.90. The van der Waals surface area contributed by atoms with Crippen molar-refractivity contribution in [2.24, 2.45) is 0 Å². The van der Waals surface area contributed by atoms with Crippen molar-refractivity contribution in [2.75, 3.05) is 5.32 Å². The number of rotatable bonds is 5. The van der Waals surface area contributed by atoms with Crippen molar-refractivity contribution in [3.8, 4) is 5.69 Å². The van der Waals surface area contributed by atoms with E-state index in [4.69, 9.17) is 4.52 Å². The van der Waals surface area contributed by atoms with Gasteiger partial charge in [-0.05, 0) is 25.0 Å². The molecule has 3 aromatic heterocycles. The smallest absolute Gasteiger partial charge is 0.293 e. The molecule has 1 aromatic carbocycles. The molecule has 0 saturated heterocycles. The fraction of sp³-hybridized carbons (Fsp3) is 0.250. The van der Waals surface area contributed by atoms with E-state index in [-0.39, 0.29) is 12.5 Å². The second-order valence-corrected chi connectivity index (χ2v) is 7.03. The van der Waals surface area contributed by atoms with Crippen molar-refractivity contribution >= 4 is 22.6 Å². The van der Waals surface area contributed by atoms with Crippen LogP contribution >= 0.6 is 0 Å². The van der Waals surface area contributed by atoms with Gasteiger partial charge in [0.05, 0.1) is 17.6 Å². The lowest BCUT2D eigenvalue weighted by molar-refractivity contribution is -0.117. The van der Waals surface area contributed by atoms with Crippen LogP contribution in [0.5, 0.6) is 0 Å². The average molecular weight is 392 g/mol. The van der Waals surface area contributed by atoms with Crippen molar-refractivity contribution in [2.45, 2.75) is 33.2 Å². The predicted molar refractivity (Wildman–Crippen MR) is 107 cm³/mol. The van der Waals surface area contributed by atoms with Gasteiger partial charge in [0.15, 0.2) is 5.82 Å². The molecule has 0 radical (unpaired) electrons. The van der Waals surface area contributed by atoms with Crippen LogP contribution in [-0.2, 0) is 11.3 Å². The Kier molecular flexibility index (Phi) is 4.71. The first-order valence-corrected chi connectivity index (χ1v) is 9.21. The second-order valence-electron chi connectivity index (χ2n) is 7.03. The molecule has 0 aliphatic heterocycles. The van der Waals surface area contributed by atoms with Gasteiger partial charge in [-0.2, -0.15) is 10.2 Å². The zero-order valence-electron chi connectivity index (χ0n) is 16.3. The second kappa shape index (κ2) is 7.34. The largest absolute Gasteiger partial charge is 0.360 e. The van der Waals surface area contributed by atoms with E-state index < -0.39 is 11.5 Å². The molecule has 4 aromatic rings. The third-order valence-electron chi connectivity index (χ3n) is 4.45. The molecule has 0 fully saturated rings. The fourth-order valence-corrected chi connectivity index (χ4v) is 3.14. The van der Waals surface area contributed by atoms with Crippen molar-refractivity contribution in [1.82, 2.24) is 24.7 Å². The number of hydrogen-bond acceptors (Lipinski definition) is 6. The Morgan fingerprint density at radius 3 is 2.66 bits per heavy atom. The molecule has 9 nitrogen and oxygen atoms in total. The first kappa shape index (κ1) is 18.6. The van der Waals surface area contributed by atoms with E-state index >= 15 is 0 Å². The molecule has 0 saturated carbocycles. The van der Waals surface area contributed by atoms with Crippen LogP contribution in [0, 0.1) is 6.92 Å². The number of benzene rings is 1. The van der Waals surface area contributed by atoms with Crippen molar-refractivity contribution < 1.29 is 9.32 Å². The van der Waals surface area contributed by atoms with Gasteiger partial charge in [-0.1, -0.05) is 37.2 Å². The van der Waals surface area contributed by atoms with Gasteiger partial charge in [0, 0.05) is 11.5 Å². The van der Waals surface area contributed by atoms with Gasteiger partial charge in [0.25, 0.3) is 5.56 Å².